The van der Waals surface area contributed by atoms with Gasteiger partial charge in [0.1, 0.15) is 5.75 Å². The molecule has 0 spiro atoms. The minimum atomic E-state index is 0.556. The van der Waals surface area contributed by atoms with Gasteiger partial charge in [-0.15, -0.1) is 0 Å². The van der Waals surface area contributed by atoms with Crippen LogP contribution in [0.15, 0.2) is 24.3 Å². The molecule has 16 heavy (non-hydrogen) atoms. The molecule has 1 aliphatic rings. The lowest BCUT2D eigenvalue weighted by molar-refractivity contribution is 0.285. The molecule has 0 saturated carbocycles. The second-order valence-corrected chi connectivity index (χ2v) is 4.97. The molecule has 3 unspecified atom stereocenters. The minimum absolute atomic E-state index is 0.556. The molecular formula is C14H21NO. The zero-order chi connectivity index (χ0) is 11.5. The average molecular weight is 219 g/mol. The van der Waals surface area contributed by atoms with Crippen molar-refractivity contribution < 1.29 is 4.74 Å². The van der Waals surface area contributed by atoms with Crippen LogP contribution in [0.1, 0.15) is 31.7 Å². The van der Waals surface area contributed by atoms with Crippen LogP contribution in [0.5, 0.6) is 5.75 Å². The summed E-state index contributed by atoms with van der Waals surface area (Å²) >= 11 is 0. The molecule has 0 amide bonds. The Hall–Kier alpha value is -1.02. The molecule has 1 aromatic rings. The van der Waals surface area contributed by atoms with Crippen LogP contribution in [0.3, 0.4) is 0 Å². The van der Waals surface area contributed by atoms with Gasteiger partial charge in [-0.1, -0.05) is 32.0 Å². The van der Waals surface area contributed by atoms with Crippen molar-refractivity contribution in [2.24, 2.45) is 17.6 Å². The molecule has 0 radical (unpaired) electrons. The number of benzene rings is 1. The Morgan fingerprint density at radius 2 is 2.06 bits per heavy atom. The first-order valence-corrected chi connectivity index (χ1v) is 6.14. The summed E-state index contributed by atoms with van der Waals surface area (Å²) in [6.07, 6.45) is 1.18. The smallest absolute Gasteiger partial charge is 0.122 e. The predicted octanol–water partition coefficient (Wildman–Crippen LogP) is 2.78. The van der Waals surface area contributed by atoms with E-state index in [4.69, 9.17) is 10.5 Å². The third kappa shape index (κ3) is 2.22. The topological polar surface area (TPSA) is 35.2 Å². The van der Waals surface area contributed by atoms with Gasteiger partial charge < -0.3 is 10.5 Å². The zero-order valence-electron chi connectivity index (χ0n) is 10.1. The van der Waals surface area contributed by atoms with Crippen LogP contribution in [0, 0.1) is 11.8 Å². The van der Waals surface area contributed by atoms with Gasteiger partial charge in [-0.3, -0.25) is 0 Å². The third-order valence-electron chi connectivity index (χ3n) is 3.80. The van der Waals surface area contributed by atoms with Crippen LogP contribution in [-0.2, 0) is 0 Å². The summed E-state index contributed by atoms with van der Waals surface area (Å²) < 4.78 is 5.69. The molecule has 0 saturated heterocycles. The third-order valence-corrected chi connectivity index (χ3v) is 3.80. The predicted molar refractivity (Wildman–Crippen MR) is 66.7 cm³/mol. The summed E-state index contributed by atoms with van der Waals surface area (Å²) in [6, 6.07) is 8.38. The lowest BCUT2D eigenvalue weighted by atomic mass is 9.84. The molecule has 0 fully saturated rings. The highest BCUT2D eigenvalue weighted by Gasteiger charge is 2.26. The second-order valence-electron chi connectivity index (χ2n) is 4.97. The van der Waals surface area contributed by atoms with Crippen molar-refractivity contribution in [3.63, 3.8) is 0 Å². The summed E-state index contributed by atoms with van der Waals surface area (Å²) in [5.74, 6) is 2.87. The SMILES string of the molecule is CC(CN)C(C)CC1COc2ccccc21. The van der Waals surface area contributed by atoms with Gasteiger partial charge in [0.25, 0.3) is 0 Å². The fourth-order valence-electron chi connectivity index (χ4n) is 2.34. The van der Waals surface area contributed by atoms with Gasteiger partial charge in [0.05, 0.1) is 6.61 Å². The molecule has 2 N–H and O–H groups in total. The van der Waals surface area contributed by atoms with Crippen LogP contribution in [0.2, 0.25) is 0 Å². The van der Waals surface area contributed by atoms with E-state index in [9.17, 15) is 0 Å². The minimum Gasteiger partial charge on any atom is -0.493 e. The van der Waals surface area contributed by atoms with Crippen molar-refractivity contribution in [2.75, 3.05) is 13.2 Å². The van der Waals surface area contributed by atoms with E-state index < -0.39 is 0 Å². The van der Waals surface area contributed by atoms with Gasteiger partial charge in [0, 0.05) is 11.5 Å². The van der Waals surface area contributed by atoms with Crippen molar-refractivity contribution in [3.8, 4) is 5.75 Å². The number of rotatable bonds is 4. The summed E-state index contributed by atoms with van der Waals surface area (Å²) in [5.41, 5.74) is 7.08. The van der Waals surface area contributed by atoms with E-state index >= 15 is 0 Å². The lowest BCUT2D eigenvalue weighted by Gasteiger charge is -2.21. The Balaban J connectivity index is 2.03. The molecule has 1 heterocycles. The first kappa shape index (κ1) is 11.5. The number of hydrogen-bond donors (Lipinski definition) is 1. The van der Waals surface area contributed by atoms with Crippen molar-refractivity contribution >= 4 is 0 Å². The van der Waals surface area contributed by atoms with Crippen LogP contribution in [0.4, 0.5) is 0 Å². The van der Waals surface area contributed by atoms with E-state index in [-0.39, 0.29) is 0 Å². The Labute approximate surface area is 97.8 Å². The first-order chi connectivity index (χ1) is 7.72. The van der Waals surface area contributed by atoms with Gasteiger partial charge in [-0.05, 0) is 30.9 Å². The molecule has 3 atom stereocenters. The van der Waals surface area contributed by atoms with E-state index in [2.05, 4.69) is 32.0 Å². The van der Waals surface area contributed by atoms with Crippen LogP contribution < -0.4 is 10.5 Å². The molecule has 2 rings (SSSR count). The highest BCUT2D eigenvalue weighted by atomic mass is 16.5. The fraction of sp³-hybridized carbons (Fsp3) is 0.571. The van der Waals surface area contributed by atoms with Gasteiger partial charge >= 0.3 is 0 Å². The molecule has 0 bridgehead atoms. The van der Waals surface area contributed by atoms with Gasteiger partial charge in [0.2, 0.25) is 0 Å². The molecule has 2 nitrogen and oxygen atoms in total. The van der Waals surface area contributed by atoms with Crippen molar-refractivity contribution in [1.82, 2.24) is 0 Å². The maximum absolute atomic E-state index is 5.71. The number of ether oxygens (including phenoxy) is 1. The average Bonchev–Trinajstić information content (AvgIpc) is 2.72. The number of hydrogen-bond acceptors (Lipinski definition) is 2. The summed E-state index contributed by atoms with van der Waals surface area (Å²) in [7, 11) is 0. The van der Waals surface area contributed by atoms with Crippen molar-refractivity contribution in [2.45, 2.75) is 26.2 Å². The molecule has 88 valence electrons. The largest absolute Gasteiger partial charge is 0.493 e. The van der Waals surface area contributed by atoms with Gasteiger partial charge in [-0.25, -0.2) is 0 Å². The number of fused-ring (bicyclic) bond motifs is 1. The monoisotopic (exact) mass is 219 g/mol. The second kappa shape index (κ2) is 4.88. The Bertz CT molecular complexity index is 350. The molecular weight excluding hydrogens is 198 g/mol. The van der Waals surface area contributed by atoms with E-state index in [0.29, 0.717) is 17.8 Å². The van der Waals surface area contributed by atoms with E-state index in [1.54, 1.807) is 0 Å². The van der Waals surface area contributed by atoms with Crippen molar-refractivity contribution in [3.05, 3.63) is 29.8 Å². The standard InChI is InChI=1S/C14H21NO/c1-10(11(2)8-15)7-12-9-16-14-6-4-3-5-13(12)14/h3-6,10-12H,7-9,15H2,1-2H3. The summed E-state index contributed by atoms with van der Waals surface area (Å²) in [5, 5.41) is 0. The summed E-state index contributed by atoms with van der Waals surface area (Å²) in [6.45, 7) is 6.13. The number of nitrogens with two attached hydrogens (primary N) is 1. The zero-order valence-corrected chi connectivity index (χ0v) is 10.1. The van der Waals surface area contributed by atoms with Crippen LogP contribution >= 0.6 is 0 Å². The maximum atomic E-state index is 5.71. The number of para-hydroxylation sites is 1. The van der Waals surface area contributed by atoms with Crippen LogP contribution in [0.25, 0.3) is 0 Å². The highest BCUT2D eigenvalue weighted by Crippen LogP contribution is 2.38. The summed E-state index contributed by atoms with van der Waals surface area (Å²) in [4.78, 5) is 0. The molecule has 2 heteroatoms. The molecule has 1 aromatic carbocycles. The normalized spacial score (nSPS) is 22.3. The van der Waals surface area contributed by atoms with Gasteiger partial charge in [0.15, 0.2) is 0 Å². The van der Waals surface area contributed by atoms with E-state index in [0.717, 1.165) is 18.9 Å². The maximum Gasteiger partial charge on any atom is 0.122 e. The lowest BCUT2D eigenvalue weighted by Crippen LogP contribution is -2.20. The first-order valence-electron chi connectivity index (χ1n) is 6.14. The Morgan fingerprint density at radius 1 is 1.31 bits per heavy atom. The quantitative estimate of drug-likeness (QED) is 0.845. The van der Waals surface area contributed by atoms with E-state index in [1.165, 1.54) is 12.0 Å². The molecule has 0 aliphatic carbocycles. The van der Waals surface area contributed by atoms with Crippen LogP contribution in [-0.4, -0.2) is 13.2 Å². The van der Waals surface area contributed by atoms with Gasteiger partial charge in [-0.2, -0.15) is 0 Å². The molecule has 0 aromatic heterocycles. The van der Waals surface area contributed by atoms with Crippen molar-refractivity contribution in [1.29, 1.82) is 0 Å². The fourth-order valence-corrected chi connectivity index (χ4v) is 2.34. The molecule has 1 aliphatic heterocycles. The highest BCUT2D eigenvalue weighted by molar-refractivity contribution is 5.39. The Kier molecular flexibility index (Phi) is 3.49. The Morgan fingerprint density at radius 3 is 2.81 bits per heavy atom. The van der Waals surface area contributed by atoms with E-state index in [1.807, 2.05) is 6.07 Å².